The third-order valence-electron chi connectivity index (χ3n) is 12.5. The van der Waals surface area contributed by atoms with Crippen LogP contribution in [0.3, 0.4) is 0 Å². The van der Waals surface area contributed by atoms with Crippen LogP contribution in [-0.4, -0.2) is 25.4 Å². The van der Waals surface area contributed by atoms with Gasteiger partial charge >= 0.3 is 0 Å². The minimum atomic E-state index is -0.338. The highest BCUT2D eigenvalue weighted by Gasteiger charge is 2.52. The lowest BCUT2D eigenvalue weighted by atomic mass is 9.26. The van der Waals surface area contributed by atoms with Gasteiger partial charge in [0.2, 0.25) is 6.71 Å². The number of hydrogen-bond donors (Lipinski definition) is 0. The van der Waals surface area contributed by atoms with Crippen molar-refractivity contribution in [3.8, 4) is 5.69 Å². The van der Waals surface area contributed by atoms with Crippen molar-refractivity contribution in [2.75, 3.05) is 19.0 Å². The Morgan fingerprint density at radius 2 is 1.54 bits per heavy atom. The smallest absolute Gasteiger partial charge is 0.242 e. The van der Waals surface area contributed by atoms with E-state index in [0.717, 1.165) is 19.3 Å². The van der Waals surface area contributed by atoms with Gasteiger partial charge in [-0.25, -0.2) is 0 Å². The van der Waals surface area contributed by atoms with Gasteiger partial charge in [-0.1, -0.05) is 128 Å². The van der Waals surface area contributed by atoms with Crippen LogP contribution in [-0.2, 0) is 23.7 Å². The Hall–Kier alpha value is -4.76. The van der Waals surface area contributed by atoms with Crippen LogP contribution in [0.2, 0.25) is 0 Å². The summed E-state index contributed by atoms with van der Waals surface area (Å²) in [6.45, 7) is 9.63. The molecule has 2 aliphatic heterocycles. The van der Waals surface area contributed by atoms with Crippen molar-refractivity contribution in [3.63, 3.8) is 0 Å². The van der Waals surface area contributed by atoms with Crippen LogP contribution in [0.25, 0.3) is 22.7 Å². The van der Waals surface area contributed by atoms with Crippen LogP contribution in [0.4, 0.5) is 5.69 Å². The minimum Gasteiger partial charge on any atom is -0.378 e. The van der Waals surface area contributed by atoms with E-state index < -0.39 is 0 Å². The molecule has 1 aromatic heterocycles. The fraction of sp³-hybridized carbons (Fsp3) is 0.277. The maximum Gasteiger partial charge on any atom is 0.242 e. The third kappa shape index (κ3) is 4.16. The largest absolute Gasteiger partial charge is 0.378 e. The molecular weight excluding hydrogens is 603 g/mol. The molecule has 0 saturated heterocycles. The lowest BCUT2D eigenvalue weighted by Crippen LogP contribution is -2.67. The topological polar surface area (TPSA) is 8.17 Å². The summed E-state index contributed by atoms with van der Waals surface area (Å²) >= 11 is 0. The molecule has 0 bridgehead atoms. The predicted molar refractivity (Wildman–Crippen MR) is 215 cm³/mol. The third-order valence-corrected chi connectivity index (χ3v) is 12.5. The summed E-state index contributed by atoms with van der Waals surface area (Å²) in [5.41, 5.74) is 19.5. The summed E-state index contributed by atoms with van der Waals surface area (Å²) in [5.74, 6) is 0. The quantitative estimate of drug-likeness (QED) is 0.169. The number of aryl methyl sites for hydroxylation is 1. The summed E-state index contributed by atoms with van der Waals surface area (Å²) < 4.78 is 2.69. The summed E-state index contributed by atoms with van der Waals surface area (Å²) in [7, 11) is 4.32. The molecule has 3 heteroatoms. The first kappa shape index (κ1) is 31.2. The van der Waals surface area contributed by atoms with Crippen molar-refractivity contribution >= 4 is 45.8 Å². The Bertz CT molecular complexity index is 2340. The number of allylic oxidation sites excluding steroid dienone is 1. The van der Waals surface area contributed by atoms with E-state index in [1.54, 1.807) is 5.56 Å². The van der Waals surface area contributed by atoms with Crippen molar-refractivity contribution in [2.45, 2.75) is 70.6 Å². The van der Waals surface area contributed by atoms with Gasteiger partial charge in [-0.3, -0.25) is 0 Å². The SMILES string of the molecule is C/C=C/c1cc2c3c(c1)C(CC)(c1ccccc1)c1c(cccc1-n1c4c(c5ccccc51)CCCC4)B3c1ccc(N(C)C)cc1C2(C)C. The number of anilines is 1. The van der Waals surface area contributed by atoms with Crippen LogP contribution in [0.1, 0.15) is 91.6 Å². The summed E-state index contributed by atoms with van der Waals surface area (Å²) in [6, 6.07) is 40.3. The second kappa shape index (κ2) is 11.4. The van der Waals surface area contributed by atoms with Crippen LogP contribution in [0.5, 0.6) is 0 Å². The molecule has 1 aliphatic carbocycles. The van der Waals surface area contributed by atoms with Gasteiger partial charge in [-0.15, -0.1) is 0 Å². The van der Waals surface area contributed by atoms with Crippen molar-refractivity contribution in [3.05, 3.63) is 154 Å². The number of fused-ring (bicyclic) bond motifs is 7. The fourth-order valence-corrected chi connectivity index (χ4v) is 10.3. The molecule has 248 valence electrons. The van der Waals surface area contributed by atoms with Crippen molar-refractivity contribution in [2.24, 2.45) is 0 Å². The van der Waals surface area contributed by atoms with Crippen LogP contribution < -0.4 is 21.3 Å². The Morgan fingerprint density at radius 3 is 2.32 bits per heavy atom. The summed E-state index contributed by atoms with van der Waals surface area (Å²) in [5, 5.41) is 1.43. The van der Waals surface area contributed by atoms with Crippen LogP contribution in [0.15, 0.2) is 109 Å². The first-order valence-corrected chi connectivity index (χ1v) is 18.7. The zero-order valence-electron chi connectivity index (χ0n) is 30.5. The maximum atomic E-state index is 2.69. The van der Waals surface area contributed by atoms with E-state index in [1.165, 1.54) is 90.6 Å². The molecule has 3 aliphatic rings. The van der Waals surface area contributed by atoms with E-state index in [1.807, 2.05) is 0 Å². The number of nitrogens with zero attached hydrogens (tertiary/aromatic N) is 2. The summed E-state index contributed by atoms with van der Waals surface area (Å²) in [6.07, 6.45) is 10.3. The predicted octanol–water partition coefficient (Wildman–Crippen LogP) is 8.82. The Kier molecular flexibility index (Phi) is 7.11. The van der Waals surface area contributed by atoms with Gasteiger partial charge < -0.3 is 9.47 Å². The molecule has 1 atom stereocenters. The van der Waals surface area contributed by atoms with E-state index in [4.69, 9.17) is 0 Å². The molecule has 50 heavy (non-hydrogen) atoms. The molecule has 3 heterocycles. The van der Waals surface area contributed by atoms with Gasteiger partial charge in [0.15, 0.2) is 0 Å². The normalized spacial score (nSPS) is 18.5. The standard InChI is InChI=1S/C47H47BN2/c1-7-17-31-28-37-45-38(29-31)47(8-2,32-18-10-9-11-19-32)44-40(48(45)39-27-26-33(49(5)6)30-36(39)46(37,3)4)22-16-25-43(44)50-41-23-14-12-20-34(41)35-21-13-15-24-42(35)50/h7,9-12,14,16-20,22-23,25-30H,8,13,15,21,24H2,1-6H3/b17-7+. The molecule has 0 radical (unpaired) electrons. The Balaban J connectivity index is 1.48. The van der Waals surface area contributed by atoms with Crippen LogP contribution >= 0.6 is 0 Å². The molecule has 1 unspecified atom stereocenters. The van der Waals surface area contributed by atoms with E-state index >= 15 is 0 Å². The van der Waals surface area contributed by atoms with Gasteiger partial charge in [0, 0.05) is 47.4 Å². The fourth-order valence-electron chi connectivity index (χ4n) is 10.3. The highest BCUT2D eigenvalue weighted by Crippen LogP contribution is 2.50. The molecule has 0 N–H and O–H groups in total. The second-order valence-corrected chi connectivity index (χ2v) is 15.6. The maximum absolute atomic E-state index is 2.69. The lowest BCUT2D eigenvalue weighted by Gasteiger charge is -2.50. The molecule has 2 nitrogen and oxygen atoms in total. The average Bonchev–Trinajstić information content (AvgIpc) is 3.47. The Morgan fingerprint density at radius 1 is 0.780 bits per heavy atom. The number of rotatable bonds is 5. The van der Waals surface area contributed by atoms with Crippen molar-refractivity contribution in [1.82, 2.24) is 4.57 Å². The van der Waals surface area contributed by atoms with Crippen LogP contribution in [0, 0.1) is 0 Å². The second-order valence-electron chi connectivity index (χ2n) is 15.6. The monoisotopic (exact) mass is 650 g/mol. The molecule has 0 fully saturated rings. The van der Waals surface area contributed by atoms with Gasteiger partial charge in [-0.05, 0) is 102 Å². The van der Waals surface area contributed by atoms with Gasteiger partial charge in [0.05, 0.1) is 5.52 Å². The first-order valence-electron chi connectivity index (χ1n) is 18.7. The summed E-state index contributed by atoms with van der Waals surface area (Å²) in [4.78, 5) is 2.25. The zero-order valence-corrected chi connectivity index (χ0v) is 30.5. The van der Waals surface area contributed by atoms with Crippen molar-refractivity contribution < 1.29 is 0 Å². The zero-order chi connectivity index (χ0) is 34.4. The molecule has 6 aromatic rings. The van der Waals surface area contributed by atoms with E-state index in [-0.39, 0.29) is 17.5 Å². The lowest BCUT2D eigenvalue weighted by molar-refractivity contribution is 0.585. The highest BCUT2D eigenvalue weighted by molar-refractivity contribution is 6.97. The number of aromatic nitrogens is 1. The first-order chi connectivity index (χ1) is 24.3. The number of hydrogen-bond acceptors (Lipinski definition) is 1. The van der Waals surface area contributed by atoms with E-state index in [0.29, 0.717) is 0 Å². The number of benzene rings is 5. The highest BCUT2D eigenvalue weighted by atomic mass is 15.1. The minimum absolute atomic E-state index is 0.148. The molecule has 5 aromatic carbocycles. The van der Waals surface area contributed by atoms with Gasteiger partial charge in [0.25, 0.3) is 0 Å². The molecule has 0 amide bonds. The number of para-hydroxylation sites is 1. The van der Waals surface area contributed by atoms with E-state index in [9.17, 15) is 0 Å². The average molecular weight is 651 g/mol. The Labute approximate surface area is 298 Å². The molecular formula is C47H47BN2. The molecule has 0 saturated carbocycles. The van der Waals surface area contributed by atoms with Crippen molar-refractivity contribution in [1.29, 1.82) is 0 Å². The molecule has 0 spiro atoms. The van der Waals surface area contributed by atoms with E-state index in [2.05, 4.69) is 167 Å². The van der Waals surface area contributed by atoms with Gasteiger partial charge in [0.1, 0.15) is 0 Å². The van der Waals surface area contributed by atoms with Gasteiger partial charge in [-0.2, -0.15) is 0 Å². The molecule has 9 rings (SSSR count).